The summed E-state index contributed by atoms with van der Waals surface area (Å²) in [6, 6.07) is 2.55. The first-order valence-electron chi connectivity index (χ1n) is 7.51. The lowest BCUT2D eigenvalue weighted by atomic mass is 9.66. The molecule has 0 aromatic heterocycles. The molecule has 0 unspecified atom stereocenters. The minimum Gasteiger partial charge on any atom is -0.299 e. The zero-order valence-corrected chi connectivity index (χ0v) is 12.8. The Bertz CT molecular complexity index is 291. The third-order valence-corrected chi connectivity index (χ3v) is 4.92. The van der Waals surface area contributed by atoms with E-state index in [2.05, 4.69) is 46.0 Å². The van der Waals surface area contributed by atoms with Crippen molar-refractivity contribution in [2.45, 2.75) is 72.3 Å². The minimum atomic E-state index is -0.245. The van der Waals surface area contributed by atoms with Crippen molar-refractivity contribution in [2.24, 2.45) is 17.3 Å². The number of nitrogens with one attached hydrogen (secondary N) is 1. The molecule has 0 aromatic carbocycles. The summed E-state index contributed by atoms with van der Waals surface area (Å²) in [7, 11) is 0. The van der Waals surface area contributed by atoms with Gasteiger partial charge in [0.1, 0.15) is 5.54 Å². The van der Waals surface area contributed by atoms with Crippen LogP contribution in [0.3, 0.4) is 0 Å². The maximum atomic E-state index is 9.49. The molecule has 1 aliphatic rings. The van der Waals surface area contributed by atoms with Gasteiger partial charge in [0.15, 0.2) is 0 Å². The van der Waals surface area contributed by atoms with Crippen LogP contribution in [0, 0.1) is 28.6 Å². The predicted octanol–water partition coefficient (Wildman–Crippen LogP) is 4.12. The molecule has 18 heavy (non-hydrogen) atoms. The minimum absolute atomic E-state index is 0.245. The summed E-state index contributed by atoms with van der Waals surface area (Å²) < 4.78 is 0. The summed E-state index contributed by atoms with van der Waals surface area (Å²) in [4.78, 5) is 0. The second-order valence-electron chi connectivity index (χ2n) is 7.09. The molecule has 0 radical (unpaired) electrons. The van der Waals surface area contributed by atoms with Crippen LogP contribution in [-0.2, 0) is 0 Å². The monoisotopic (exact) mass is 250 g/mol. The standard InChI is InChI=1S/C16H30N2/c1-6-15(4,5)14-7-9-16(12-17,10-8-14)18-11-13(2)3/h13-14,18H,6-11H2,1-5H3. The van der Waals surface area contributed by atoms with Crippen molar-refractivity contribution in [3.63, 3.8) is 0 Å². The first kappa shape index (κ1) is 15.5. The van der Waals surface area contributed by atoms with Gasteiger partial charge in [0.05, 0.1) is 6.07 Å². The van der Waals surface area contributed by atoms with Crippen LogP contribution in [-0.4, -0.2) is 12.1 Å². The lowest BCUT2D eigenvalue weighted by Gasteiger charge is -2.42. The largest absolute Gasteiger partial charge is 0.299 e. The molecule has 0 aliphatic heterocycles. The highest BCUT2D eigenvalue weighted by Crippen LogP contribution is 2.43. The van der Waals surface area contributed by atoms with E-state index in [1.165, 1.54) is 19.3 Å². The van der Waals surface area contributed by atoms with Crippen LogP contribution in [0.5, 0.6) is 0 Å². The number of hydrogen-bond donors (Lipinski definition) is 1. The van der Waals surface area contributed by atoms with Gasteiger partial charge in [-0.15, -0.1) is 0 Å². The third-order valence-electron chi connectivity index (χ3n) is 4.92. The zero-order valence-electron chi connectivity index (χ0n) is 12.8. The van der Waals surface area contributed by atoms with Gasteiger partial charge in [-0.05, 0) is 49.5 Å². The molecule has 1 rings (SSSR count). The molecule has 2 heteroatoms. The third kappa shape index (κ3) is 3.72. The molecule has 0 aromatic rings. The van der Waals surface area contributed by atoms with Gasteiger partial charge >= 0.3 is 0 Å². The van der Waals surface area contributed by atoms with Crippen molar-refractivity contribution >= 4 is 0 Å². The fraction of sp³-hybridized carbons (Fsp3) is 0.938. The van der Waals surface area contributed by atoms with Gasteiger partial charge in [0, 0.05) is 0 Å². The van der Waals surface area contributed by atoms with Crippen LogP contribution in [0.15, 0.2) is 0 Å². The number of rotatable bonds is 5. The molecular formula is C16H30N2. The fourth-order valence-electron chi connectivity index (χ4n) is 2.91. The molecule has 1 fully saturated rings. The normalized spacial score (nSPS) is 29.3. The van der Waals surface area contributed by atoms with E-state index < -0.39 is 0 Å². The smallest absolute Gasteiger partial charge is 0.106 e. The van der Waals surface area contributed by atoms with Crippen molar-refractivity contribution in [3.8, 4) is 6.07 Å². The van der Waals surface area contributed by atoms with Crippen LogP contribution in [0.1, 0.15) is 66.7 Å². The van der Waals surface area contributed by atoms with E-state index in [0.29, 0.717) is 11.3 Å². The van der Waals surface area contributed by atoms with Crippen molar-refractivity contribution in [1.82, 2.24) is 5.32 Å². The Hall–Kier alpha value is -0.550. The lowest BCUT2D eigenvalue weighted by molar-refractivity contribution is 0.118. The second kappa shape index (κ2) is 6.06. The highest BCUT2D eigenvalue weighted by Gasteiger charge is 2.39. The van der Waals surface area contributed by atoms with Gasteiger partial charge in [-0.2, -0.15) is 5.26 Å². The molecule has 0 atom stereocenters. The van der Waals surface area contributed by atoms with Crippen molar-refractivity contribution < 1.29 is 0 Å². The Labute approximate surface area is 113 Å². The number of hydrogen-bond acceptors (Lipinski definition) is 2. The average Bonchev–Trinajstić information content (AvgIpc) is 2.37. The molecule has 0 amide bonds. The predicted molar refractivity (Wildman–Crippen MR) is 77.2 cm³/mol. The molecular weight excluding hydrogens is 220 g/mol. The van der Waals surface area contributed by atoms with E-state index in [-0.39, 0.29) is 5.54 Å². The Morgan fingerprint density at radius 2 is 1.89 bits per heavy atom. The molecule has 0 spiro atoms. The zero-order chi connectivity index (χ0) is 13.8. The van der Waals surface area contributed by atoms with Gasteiger partial charge < -0.3 is 0 Å². The Morgan fingerprint density at radius 3 is 2.28 bits per heavy atom. The average molecular weight is 250 g/mol. The lowest BCUT2D eigenvalue weighted by Crippen LogP contribution is -2.49. The second-order valence-corrected chi connectivity index (χ2v) is 7.09. The molecule has 0 bridgehead atoms. The van der Waals surface area contributed by atoms with Crippen LogP contribution in [0.25, 0.3) is 0 Å². The highest BCUT2D eigenvalue weighted by atomic mass is 15.0. The van der Waals surface area contributed by atoms with Crippen molar-refractivity contribution in [1.29, 1.82) is 5.26 Å². The highest BCUT2D eigenvalue weighted by molar-refractivity contribution is 5.10. The Balaban J connectivity index is 2.57. The summed E-state index contributed by atoms with van der Waals surface area (Å²) in [5.74, 6) is 1.39. The van der Waals surface area contributed by atoms with Crippen LogP contribution >= 0.6 is 0 Å². The van der Waals surface area contributed by atoms with E-state index in [9.17, 15) is 5.26 Å². The van der Waals surface area contributed by atoms with E-state index in [1.54, 1.807) is 0 Å². The maximum absolute atomic E-state index is 9.49. The van der Waals surface area contributed by atoms with Gasteiger partial charge in [-0.3, -0.25) is 5.32 Å². The summed E-state index contributed by atoms with van der Waals surface area (Å²) in [5, 5.41) is 13.0. The van der Waals surface area contributed by atoms with Gasteiger partial charge in [0.2, 0.25) is 0 Å². The number of nitriles is 1. The molecule has 0 heterocycles. The molecule has 0 saturated heterocycles. The van der Waals surface area contributed by atoms with Crippen LogP contribution in [0.2, 0.25) is 0 Å². The fourth-order valence-corrected chi connectivity index (χ4v) is 2.91. The summed E-state index contributed by atoms with van der Waals surface area (Å²) in [5.41, 5.74) is 0.185. The van der Waals surface area contributed by atoms with Gasteiger partial charge in [0.25, 0.3) is 0 Å². The molecule has 1 aliphatic carbocycles. The van der Waals surface area contributed by atoms with E-state index in [0.717, 1.165) is 25.3 Å². The van der Waals surface area contributed by atoms with E-state index in [4.69, 9.17) is 0 Å². The molecule has 104 valence electrons. The quantitative estimate of drug-likeness (QED) is 0.796. The van der Waals surface area contributed by atoms with Crippen molar-refractivity contribution in [3.05, 3.63) is 0 Å². The SMILES string of the molecule is CCC(C)(C)C1CCC(C#N)(NCC(C)C)CC1. The summed E-state index contributed by atoms with van der Waals surface area (Å²) in [6.07, 6.45) is 5.66. The van der Waals surface area contributed by atoms with Crippen LogP contribution < -0.4 is 5.32 Å². The first-order valence-corrected chi connectivity index (χ1v) is 7.51. The van der Waals surface area contributed by atoms with Gasteiger partial charge in [-0.1, -0.05) is 41.0 Å². The van der Waals surface area contributed by atoms with Crippen LogP contribution in [0.4, 0.5) is 0 Å². The first-order chi connectivity index (χ1) is 8.35. The summed E-state index contributed by atoms with van der Waals surface area (Å²) in [6.45, 7) is 12.4. The maximum Gasteiger partial charge on any atom is 0.106 e. The van der Waals surface area contributed by atoms with Gasteiger partial charge in [-0.25, -0.2) is 0 Å². The molecule has 1 N–H and O–H groups in total. The molecule has 1 saturated carbocycles. The van der Waals surface area contributed by atoms with E-state index >= 15 is 0 Å². The topological polar surface area (TPSA) is 35.8 Å². The Kier molecular flexibility index (Phi) is 5.22. The van der Waals surface area contributed by atoms with E-state index in [1.807, 2.05) is 0 Å². The number of nitrogens with zero attached hydrogens (tertiary/aromatic N) is 1. The molecule has 2 nitrogen and oxygen atoms in total. The summed E-state index contributed by atoms with van der Waals surface area (Å²) >= 11 is 0. The van der Waals surface area contributed by atoms with Crippen molar-refractivity contribution in [2.75, 3.05) is 6.54 Å². The Morgan fingerprint density at radius 1 is 1.33 bits per heavy atom.